The first kappa shape index (κ1) is 14.4. The van der Waals surface area contributed by atoms with Crippen molar-refractivity contribution in [3.05, 3.63) is 29.8 Å². The summed E-state index contributed by atoms with van der Waals surface area (Å²) < 4.78 is 33.8. The van der Waals surface area contributed by atoms with Crippen LogP contribution in [-0.4, -0.2) is 26.8 Å². The lowest BCUT2D eigenvalue weighted by molar-refractivity contribution is -0.0512. The summed E-state index contributed by atoms with van der Waals surface area (Å²) in [6, 6.07) is 5.09. The third kappa shape index (κ3) is 4.33. The van der Waals surface area contributed by atoms with Crippen molar-refractivity contribution in [1.29, 1.82) is 0 Å². The highest BCUT2D eigenvalue weighted by atomic mass is 19.3. The standard InChI is InChI=1S/C13H17F2NO2/c1-9(16-2)4-5-10-6-7-11(17-3)12(8-10)18-13(14)15/h4-9,13,16H,1-3H3/b5-4+. The van der Waals surface area contributed by atoms with Gasteiger partial charge in [-0.25, -0.2) is 0 Å². The van der Waals surface area contributed by atoms with E-state index in [1.165, 1.54) is 13.2 Å². The zero-order valence-electron chi connectivity index (χ0n) is 10.6. The summed E-state index contributed by atoms with van der Waals surface area (Å²) in [7, 11) is 3.25. The van der Waals surface area contributed by atoms with E-state index in [0.29, 0.717) is 0 Å². The number of rotatable bonds is 6. The Balaban J connectivity index is 2.91. The van der Waals surface area contributed by atoms with Crippen LogP contribution in [-0.2, 0) is 0 Å². The van der Waals surface area contributed by atoms with Gasteiger partial charge in [0.05, 0.1) is 7.11 Å². The molecular formula is C13H17F2NO2. The highest BCUT2D eigenvalue weighted by Gasteiger charge is 2.10. The van der Waals surface area contributed by atoms with Crippen LogP contribution in [0.3, 0.4) is 0 Å². The molecule has 5 heteroatoms. The molecule has 1 aromatic rings. The molecule has 0 aromatic heterocycles. The molecule has 0 spiro atoms. The van der Waals surface area contributed by atoms with Crippen molar-refractivity contribution in [2.75, 3.05) is 14.2 Å². The van der Waals surface area contributed by atoms with Gasteiger partial charge in [0, 0.05) is 6.04 Å². The maximum absolute atomic E-state index is 12.2. The second kappa shape index (κ2) is 6.96. The first-order chi connectivity index (χ1) is 8.56. The summed E-state index contributed by atoms with van der Waals surface area (Å²) in [5.41, 5.74) is 0.772. The SMILES string of the molecule is CNC(C)/C=C/c1ccc(OC)c(OC(F)F)c1. The fourth-order valence-electron chi connectivity index (χ4n) is 1.34. The predicted octanol–water partition coefficient (Wildman–Crippen LogP) is 2.92. The molecule has 0 fully saturated rings. The van der Waals surface area contributed by atoms with E-state index < -0.39 is 6.61 Å². The van der Waals surface area contributed by atoms with Crippen molar-refractivity contribution in [1.82, 2.24) is 5.32 Å². The van der Waals surface area contributed by atoms with E-state index in [0.717, 1.165) is 5.56 Å². The molecule has 0 aliphatic heterocycles. The minimum Gasteiger partial charge on any atom is -0.493 e. The van der Waals surface area contributed by atoms with Crippen LogP contribution < -0.4 is 14.8 Å². The lowest BCUT2D eigenvalue weighted by Gasteiger charge is -2.10. The Labute approximate surface area is 105 Å². The van der Waals surface area contributed by atoms with Gasteiger partial charge in [-0.3, -0.25) is 0 Å². The van der Waals surface area contributed by atoms with Crippen molar-refractivity contribution in [3.8, 4) is 11.5 Å². The number of halogens is 2. The first-order valence-corrected chi connectivity index (χ1v) is 5.55. The number of ether oxygens (including phenoxy) is 2. The monoisotopic (exact) mass is 257 g/mol. The van der Waals surface area contributed by atoms with Gasteiger partial charge in [0.2, 0.25) is 0 Å². The molecule has 0 aliphatic rings. The lowest BCUT2D eigenvalue weighted by Crippen LogP contribution is -2.17. The highest BCUT2D eigenvalue weighted by Crippen LogP contribution is 2.29. The first-order valence-electron chi connectivity index (χ1n) is 5.55. The molecule has 1 aromatic carbocycles. The van der Waals surface area contributed by atoms with E-state index in [-0.39, 0.29) is 17.5 Å². The summed E-state index contributed by atoms with van der Waals surface area (Å²) in [5.74, 6) is 0.320. The number of nitrogens with one attached hydrogen (secondary N) is 1. The molecule has 3 nitrogen and oxygen atoms in total. The molecule has 0 heterocycles. The second-order valence-corrected chi connectivity index (χ2v) is 3.73. The van der Waals surface area contributed by atoms with Crippen molar-refractivity contribution < 1.29 is 18.3 Å². The van der Waals surface area contributed by atoms with Gasteiger partial charge in [-0.15, -0.1) is 0 Å². The maximum Gasteiger partial charge on any atom is 0.387 e. The van der Waals surface area contributed by atoms with Crippen LogP contribution >= 0.6 is 0 Å². The van der Waals surface area contributed by atoms with Crippen LogP contribution in [0.2, 0.25) is 0 Å². The van der Waals surface area contributed by atoms with Crippen LogP contribution in [0.5, 0.6) is 11.5 Å². The molecule has 100 valence electrons. The van der Waals surface area contributed by atoms with Crippen molar-refractivity contribution in [3.63, 3.8) is 0 Å². The van der Waals surface area contributed by atoms with Crippen LogP contribution in [0, 0.1) is 0 Å². The van der Waals surface area contributed by atoms with Gasteiger partial charge >= 0.3 is 6.61 Å². The zero-order valence-corrected chi connectivity index (χ0v) is 10.6. The lowest BCUT2D eigenvalue weighted by atomic mass is 10.1. The Hall–Kier alpha value is -1.62. The van der Waals surface area contributed by atoms with Gasteiger partial charge in [0.15, 0.2) is 11.5 Å². The summed E-state index contributed by atoms with van der Waals surface area (Å²) in [4.78, 5) is 0. The number of likely N-dealkylation sites (N-methyl/N-ethyl adjacent to an activating group) is 1. The molecule has 0 saturated carbocycles. The quantitative estimate of drug-likeness (QED) is 0.850. The Kier molecular flexibility index (Phi) is 5.58. The van der Waals surface area contributed by atoms with Gasteiger partial charge in [-0.1, -0.05) is 18.2 Å². The Morgan fingerprint density at radius 1 is 1.28 bits per heavy atom. The van der Waals surface area contributed by atoms with Crippen LogP contribution in [0.25, 0.3) is 6.08 Å². The van der Waals surface area contributed by atoms with Crippen molar-refractivity contribution >= 4 is 6.08 Å². The summed E-state index contributed by atoms with van der Waals surface area (Å²) in [6.07, 6.45) is 3.76. The minimum absolute atomic E-state index is 0.0340. The Bertz CT molecular complexity index is 408. The molecule has 1 unspecified atom stereocenters. The highest BCUT2D eigenvalue weighted by molar-refractivity contribution is 5.56. The molecule has 0 amide bonds. The maximum atomic E-state index is 12.2. The van der Waals surface area contributed by atoms with E-state index in [1.54, 1.807) is 12.1 Å². The van der Waals surface area contributed by atoms with E-state index in [9.17, 15) is 8.78 Å². The molecule has 18 heavy (non-hydrogen) atoms. The molecule has 1 atom stereocenters. The normalized spacial score (nSPS) is 13.0. The smallest absolute Gasteiger partial charge is 0.387 e. The molecule has 1 rings (SSSR count). The number of hydrogen-bond acceptors (Lipinski definition) is 3. The fourth-order valence-corrected chi connectivity index (χ4v) is 1.34. The van der Waals surface area contributed by atoms with Gasteiger partial charge in [0.1, 0.15) is 0 Å². The van der Waals surface area contributed by atoms with E-state index in [2.05, 4.69) is 10.1 Å². The average Bonchev–Trinajstić information content (AvgIpc) is 2.35. The van der Waals surface area contributed by atoms with E-state index in [4.69, 9.17) is 4.74 Å². The Morgan fingerprint density at radius 3 is 2.56 bits per heavy atom. The molecule has 0 aliphatic carbocycles. The van der Waals surface area contributed by atoms with Crippen LogP contribution in [0.15, 0.2) is 24.3 Å². The number of methoxy groups -OCH3 is 1. The third-order valence-corrected chi connectivity index (χ3v) is 2.44. The largest absolute Gasteiger partial charge is 0.493 e. The van der Waals surface area contributed by atoms with E-state index in [1.807, 2.05) is 26.1 Å². The van der Waals surface area contributed by atoms with Gasteiger partial charge < -0.3 is 14.8 Å². The van der Waals surface area contributed by atoms with Gasteiger partial charge in [-0.05, 0) is 31.7 Å². The van der Waals surface area contributed by atoms with Gasteiger partial charge in [-0.2, -0.15) is 8.78 Å². The fraction of sp³-hybridized carbons (Fsp3) is 0.385. The molecule has 1 N–H and O–H groups in total. The molecule has 0 radical (unpaired) electrons. The Morgan fingerprint density at radius 2 is 2.00 bits per heavy atom. The topological polar surface area (TPSA) is 30.5 Å². The van der Waals surface area contributed by atoms with Crippen molar-refractivity contribution in [2.24, 2.45) is 0 Å². The summed E-state index contributed by atoms with van der Waals surface area (Å²) >= 11 is 0. The average molecular weight is 257 g/mol. The number of benzene rings is 1. The zero-order chi connectivity index (χ0) is 13.5. The van der Waals surface area contributed by atoms with E-state index >= 15 is 0 Å². The minimum atomic E-state index is -2.87. The number of alkyl halides is 2. The number of hydrogen-bond donors (Lipinski definition) is 1. The molecule has 0 saturated heterocycles. The van der Waals surface area contributed by atoms with Crippen LogP contribution in [0.1, 0.15) is 12.5 Å². The molecule has 0 bridgehead atoms. The van der Waals surface area contributed by atoms with Gasteiger partial charge in [0.25, 0.3) is 0 Å². The second-order valence-electron chi connectivity index (χ2n) is 3.73. The predicted molar refractivity (Wildman–Crippen MR) is 67.2 cm³/mol. The third-order valence-electron chi connectivity index (χ3n) is 2.44. The van der Waals surface area contributed by atoms with Crippen molar-refractivity contribution in [2.45, 2.75) is 19.6 Å². The molecular weight excluding hydrogens is 240 g/mol. The van der Waals surface area contributed by atoms with Crippen LogP contribution in [0.4, 0.5) is 8.78 Å². The summed E-state index contributed by atoms with van der Waals surface area (Å²) in [5, 5.41) is 3.04. The summed E-state index contributed by atoms with van der Waals surface area (Å²) in [6.45, 7) is -0.884.